The lowest BCUT2D eigenvalue weighted by Gasteiger charge is -1.96. The predicted molar refractivity (Wildman–Crippen MR) is 61.9 cm³/mol. The molecule has 17 heavy (non-hydrogen) atoms. The zero-order valence-corrected chi connectivity index (χ0v) is 10.0. The van der Waals surface area contributed by atoms with Gasteiger partial charge in [-0.2, -0.15) is 10.1 Å². The van der Waals surface area contributed by atoms with Gasteiger partial charge in [-0.3, -0.25) is 4.68 Å². The van der Waals surface area contributed by atoms with Crippen LogP contribution in [0.25, 0.3) is 0 Å². The van der Waals surface area contributed by atoms with Crippen molar-refractivity contribution in [2.24, 2.45) is 0 Å². The fraction of sp³-hybridized carbons (Fsp3) is 0.455. The second kappa shape index (κ2) is 5.49. The molecule has 0 radical (unpaired) electrons. The Hall–Kier alpha value is -1.82. The number of oxazole rings is 1. The topological polar surface area (TPSA) is 65.1 Å². The molecule has 0 bridgehead atoms. The van der Waals surface area contributed by atoms with Crippen molar-refractivity contribution < 1.29 is 9.15 Å². The average molecular weight is 236 g/mol. The number of aryl methyl sites for hydroxylation is 1. The van der Waals surface area contributed by atoms with E-state index in [1.807, 2.05) is 17.9 Å². The minimum Gasteiger partial charge on any atom is -0.417 e. The first kappa shape index (κ1) is 11.7. The summed E-state index contributed by atoms with van der Waals surface area (Å²) in [7, 11) is 1.85. The highest BCUT2D eigenvalue weighted by atomic mass is 16.6. The van der Waals surface area contributed by atoms with Crippen molar-refractivity contribution in [1.29, 1.82) is 0 Å². The van der Waals surface area contributed by atoms with Gasteiger partial charge in [0.15, 0.2) is 5.75 Å². The molecule has 0 aliphatic carbocycles. The Balaban J connectivity index is 1.98. The maximum absolute atomic E-state index is 5.44. The number of rotatable bonds is 6. The summed E-state index contributed by atoms with van der Waals surface area (Å²) in [6, 6.07) is 0. The standard InChI is InChI=1S/C11H16N4O2/c1-3-4-15-7-10(6-13-15)17-11-14-9(5-12-2)8-16-11/h6-8,12H,3-5H2,1-2H3. The summed E-state index contributed by atoms with van der Waals surface area (Å²) < 4.78 is 12.4. The van der Waals surface area contributed by atoms with Crippen LogP contribution in [0.2, 0.25) is 0 Å². The summed E-state index contributed by atoms with van der Waals surface area (Å²) in [5.41, 5.74) is 0.809. The fourth-order valence-electron chi connectivity index (χ4n) is 1.45. The molecule has 6 nitrogen and oxygen atoms in total. The van der Waals surface area contributed by atoms with E-state index < -0.39 is 0 Å². The normalized spacial score (nSPS) is 10.7. The molecule has 0 aliphatic rings. The van der Waals surface area contributed by atoms with E-state index in [-0.39, 0.29) is 6.08 Å². The van der Waals surface area contributed by atoms with Crippen LogP contribution in [0.5, 0.6) is 11.8 Å². The van der Waals surface area contributed by atoms with E-state index in [2.05, 4.69) is 22.3 Å². The van der Waals surface area contributed by atoms with E-state index in [1.54, 1.807) is 12.5 Å². The first-order valence-electron chi connectivity index (χ1n) is 5.61. The highest BCUT2D eigenvalue weighted by Gasteiger charge is 2.07. The second-order valence-electron chi connectivity index (χ2n) is 3.68. The van der Waals surface area contributed by atoms with Gasteiger partial charge in [-0.1, -0.05) is 6.92 Å². The first-order chi connectivity index (χ1) is 8.31. The molecule has 2 rings (SSSR count). The molecule has 0 fully saturated rings. The molecule has 2 aromatic rings. The van der Waals surface area contributed by atoms with Gasteiger partial charge in [-0.25, -0.2) is 0 Å². The van der Waals surface area contributed by atoms with Gasteiger partial charge in [0.25, 0.3) is 0 Å². The van der Waals surface area contributed by atoms with Gasteiger partial charge >= 0.3 is 6.08 Å². The molecule has 0 saturated heterocycles. The Kier molecular flexibility index (Phi) is 3.77. The first-order valence-corrected chi connectivity index (χ1v) is 5.61. The van der Waals surface area contributed by atoms with Gasteiger partial charge in [-0.05, 0) is 13.5 Å². The quantitative estimate of drug-likeness (QED) is 0.828. The molecule has 6 heteroatoms. The highest BCUT2D eigenvalue weighted by Crippen LogP contribution is 2.19. The maximum Gasteiger partial charge on any atom is 0.399 e. The summed E-state index contributed by atoms with van der Waals surface area (Å²) >= 11 is 0. The molecule has 0 amide bonds. The lowest BCUT2D eigenvalue weighted by Crippen LogP contribution is -2.04. The van der Waals surface area contributed by atoms with Crippen LogP contribution >= 0.6 is 0 Å². The van der Waals surface area contributed by atoms with Gasteiger partial charge < -0.3 is 14.5 Å². The lowest BCUT2D eigenvalue weighted by atomic mass is 10.5. The number of nitrogens with zero attached hydrogens (tertiary/aromatic N) is 3. The minimum absolute atomic E-state index is 0.242. The number of aromatic nitrogens is 3. The largest absolute Gasteiger partial charge is 0.417 e. The Morgan fingerprint density at radius 2 is 2.41 bits per heavy atom. The van der Waals surface area contributed by atoms with Gasteiger partial charge in [0.1, 0.15) is 6.26 Å². The molecule has 0 aliphatic heterocycles. The third kappa shape index (κ3) is 3.07. The van der Waals surface area contributed by atoms with Crippen molar-refractivity contribution in [2.75, 3.05) is 7.05 Å². The van der Waals surface area contributed by atoms with E-state index >= 15 is 0 Å². The van der Waals surface area contributed by atoms with Gasteiger partial charge in [-0.15, -0.1) is 0 Å². The van der Waals surface area contributed by atoms with Crippen LogP contribution in [0.1, 0.15) is 19.0 Å². The van der Waals surface area contributed by atoms with Crippen molar-refractivity contribution in [3.63, 3.8) is 0 Å². The van der Waals surface area contributed by atoms with Crippen molar-refractivity contribution in [1.82, 2.24) is 20.1 Å². The Morgan fingerprint density at radius 1 is 1.53 bits per heavy atom. The predicted octanol–water partition coefficient (Wildman–Crippen LogP) is 1.79. The van der Waals surface area contributed by atoms with Crippen LogP contribution in [0.3, 0.4) is 0 Å². The molecule has 0 aromatic carbocycles. The molecule has 0 atom stereocenters. The van der Waals surface area contributed by atoms with Crippen LogP contribution in [0, 0.1) is 0 Å². The van der Waals surface area contributed by atoms with E-state index in [9.17, 15) is 0 Å². The molecular formula is C11H16N4O2. The number of hydrogen-bond donors (Lipinski definition) is 1. The highest BCUT2D eigenvalue weighted by molar-refractivity contribution is 5.16. The van der Waals surface area contributed by atoms with Crippen molar-refractivity contribution in [2.45, 2.75) is 26.4 Å². The third-order valence-electron chi connectivity index (χ3n) is 2.16. The summed E-state index contributed by atoms with van der Waals surface area (Å²) in [4.78, 5) is 4.16. The van der Waals surface area contributed by atoms with E-state index in [0.29, 0.717) is 12.3 Å². The molecule has 2 heterocycles. The van der Waals surface area contributed by atoms with E-state index in [1.165, 1.54) is 0 Å². The molecule has 0 unspecified atom stereocenters. The minimum atomic E-state index is 0.242. The monoisotopic (exact) mass is 236 g/mol. The number of hydrogen-bond acceptors (Lipinski definition) is 5. The number of nitrogens with one attached hydrogen (secondary N) is 1. The van der Waals surface area contributed by atoms with Gasteiger partial charge in [0.2, 0.25) is 0 Å². The third-order valence-corrected chi connectivity index (χ3v) is 2.16. The van der Waals surface area contributed by atoms with E-state index in [4.69, 9.17) is 9.15 Å². The Bertz CT molecular complexity index is 421. The molecule has 1 N–H and O–H groups in total. The number of ether oxygens (including phenoxy) is 1. The van der Waals surface area contributed by atoms with E-state index in [0.717, 1.165) is 18.7 Å². The van der Waals surface area contributed by atoms with Crippen LogP contribution in [-0.2, 0) is 13.1 Å². The maximum atomic E-state index is 5.44. The molecule has 0 spiro atoms. The summed E-state index contributed by atoms with van der Waals surface area (Å²) in [6.45, 7) is 3.63. The molecule has 0 saturated carbocycles. The zero-order valence-electron chi connectivity index (χ0n) is 10.0. The van der Waals surface area contributed by atoms with Crippen molar-refractivity contribution in [3.8, 4) is 11.8 Å². The van der Waals surface area contributed by atoms with Crippen molar-refractivity contribution >= 4 is 0 Å². The van der Waals surface area contributed by atoms with Crippen LogP contribution < -0.4 is 10.1 Å². The average Bonchev–Trinajstić information content (AvgIpc) is 2.91. The molecule has 92 valence electrons. The van der Waals surface area contributed by atoms with Gasteiger partial charge in [0, 0.05) is 13.1 Å². The fourth-order valence-corrected chi connectivity index (χ4v) is 1.45. The SMILES string of the molecule is CCCn1cc(Oc2nc(CNC)co2)cn1. The molecular weight excluding hydrogens is 220 g/mol. The summed E-state index contributed by atoms with van der Waals surface area (Å²) in [6.07, 6.45) is 6.32. The summed E-state index contributed by atoms with van der Waals surface area (Å²) in [5.74, 6) is 0.635. The summed E-state index contributed by atoms with van der Waals surface area (Å²) in [5, 5.41) is 7.14. The Labute approximate surface area is 99.6 Å². The van der Waals surface area contributed by atoms with Crippen LogP contribution in [0.4, 0.5) is 0 Å². The lowest BCUT2D eigenvalue weighted by molar-refractivity contribution is 0.330. The zero-order chi connectivity index (χ0) is 12.1. The Morgan fingerprint density at radius 3 is 3.18 bits per heavy atom. The smallest absolute Gasteiger partial charge is 0.399 e. The molecule has 2 aromatic heterocycles. The van der Waals surface area contributed by atoms with Gasteiger partial charge in [0.05, 0.1) is 18.1 Å². The van der Waals surface area contributed by atoms with Crippen LogP contribution in [-0.4, -0.2) is 21.8 Å². The second-order valence-corrected chi connectivity index (χ2v) is 3.68. The van der Waals surface area contributed by atoms with Crippen molar-refractivity contribution in [3.05, 3.63) is 24.4 Å². The van der Waals surface area contributed by atoms with Crippen LogP contribution in [0.15, 0.2) is 23.1 Å².